The number of methoxy groups -OCH3 is 3. The number of Topliss-reactive ketones (excluding diaryl/α,β-unsaturated/α-hetero) is 1. The smallest absolute Gasteiger partial charge is 0.270 e. The van der Waals surface area contributed by atoms with E-state index < -0.39 is 5.92 Å². The molecular formula is C29H34N4O5. The van der Waals surface area contributed by atoms with Crippen molar-refractivity contribution in [3.8, 4) is 17.2 Å². The van der Waals surface area contributed by atoms with Crippen molar-refractivity contribution < 1.29 is 19.0 Å². The molecule has 2 atom stereocenters. The highest BCUT2D eigenvalue weighted by molar-refractivity contribution is 6.01. The molecule has 0 fully saturated rings. The van der Waals surface area contributed by atoms with Gasteiger partial charge in [0.05, 0.1) is 26.9 Å². The summed E-state index contributed by atoms with van der Waals surface area (Å²) in [6.07, 6.45) is 0.908. The van der Waals surface area contributed by atoms with Crippen LogP contribution in [0.3, 0.4) is 0 Å². The maximum Gasteiger partial charge on any atom is 0.270 e. The topological polar surface area (TPSA) is 109 Å². The first-order valence-corrected chi connectivity index (χ1v) is 12.9. The predicted molar refractivity (Wildman–Crippen MR) is 147 cm³/mol. The first-order valence-electron chi connectivity index (χ1n) is 12.9. The highest BCUT2D eigenvalue weighted by Crippen LogP contribution is 2.48. The summed E-state index contributed by atoms with van der Waals surface area (Å²) in [4.78, 5) is 29.0. The molecule has 200 valence electrons. The van der Waals surface area contributed by atoms with Crippen molar-refractivity contribution in [2.75, 3.05) is 44.6 Å². The summed E-state index contributed by atoms with van der Waals surface area (Å²) in [6.45, 7) is 6.05. The van der Waals surface area contributed by atoms with Gasteiger partial charge in [0.2, 0.25) is 5.75 Å². The van der Waals surface area contributed by atoms with E-state index in [2.05, 4.69) is 46.4 Å². The van der Waals surface area contributed by atoms with Crippen LogP contribution in [-0.4, -0.2) is 50.4 Å². The lowest BCUT2D eigenvalue weighted by Gasteiger charge is -2.35. The Balaban J connectivity index is 1.56. The summed E-state index contributed by atoms with van der Waals surface area (Å²) in [6, 6.07) is 12.0. The van der Waals surface area contributed by atoms with Crippen LogP contribution in [0, 0.1) is 0 Å². The second-order valence-electron chi connectivity index (χ2n) is 9.57. The van der Waals surface area contributed by atoms with Crippen LogP contribution in [0.1, 0.15) is 55.2 Å². The van der Waals surface area contributed by atoms with Gasteiger partial charge in [-0.2, -0.15) is 0 Å². The second-order valence-corrected chi connectivity index (χ2v) is 9.57. The van der Waals surface area contributed by atoms with Crippen LogP contribution in [0.2, 0.25) is 0 Å². The number of anilines is 2. The number of benzene rings is 2. The first-order chi connectivity index (χ1) is 18.4. The van der Waals surface area contributed by atoms with Gasteiger partial charge in [-0.3, -0.25) is 19.8 Å². The van der Waals surface area contributed by atoms with Gasteiger partial charge in [0.25, 0.3) is 5.56 Å². The van der Waals surface area contributed by atoms with Gasteiger partial charge in [0.15, 0.2) is 17.3 Å². The Morgan fingerprint density at radius 1 is 0.868 bits per heavy atom. The Kier molecular flexibility index (Phi) is 6.93. The van der Waals surface area contributed by atoms with Crippen LogP contribution < -0.4 is 30.0 Å². The van der Waals surface area contributed by atoms with Gasteiger partial charge in [0.1, 0.15) is 5.82 Å². The molecule has 2 unspecified atom stereocenters. The molecule has 0 bridgehead atoms. The standard InChI is InChI=1S/C29H34N4O5/c1-6-33(7-2)19-10-8-16(9-11-19)24-25-20(30-28-26(24)29(35)32-31-28)12-17(13-21(25)34)18-14-22(36-3)27(38-5)23(15-18)37-4/h8-11,14-15,17,24H,6-7,12-13H2,1-5H3,(H3,30,31,32,35). The van der Waals surface area contributed by atoms with E-state index in [9.17, 15) is 9.59 Å². The van der Waals surface area contributed by atoms with E-state index in [0.29, 0.717) is 47.0 Å². The van der Waals surface area contributed by atoms with Crippen molar-refractivity contribution >= 4 is 17.3 Å². The van der Waals surface area contributed by atoms with E-state index in [0.717, 1.165) is 35.6 Å². The van der Waals surface area contributed by atoms with Crippen LogP contribution in [0.15, 0.2) is 52.5 Å². The number of ether oxygens (including phenoxy) is 3. The zero-order valence-corrected chi connectivity index (χ0v) is 22.4. The molecule has 0 radical (unpaired) electrons. The van der Waals surface area contributed by atoms with E-state index in [4.69, 9.17) is 14.2 Å². The zero-order valence-electron chi connectivity index (χ0n) is 22.4. The van der Waals surface area contributed by atoms with Crippen molar-refractivity contribution in [3.05, 3.63) is 74.7 Å². The van der Waals surface area contributed by atoms with Crippen LogP contribution in [0.5, 0.6) is 17.2 Å². The third-order valence-corrected chi connectivity index (χ3v) is 7.69. The molecule has 3 N–H and O–H groups in total. The number of hydrogen-bond donors (Lipinski definition) is 3. The molecule has 2 aromatic carbocycles. The molecule has 2 heterocycles. The van der Waals surface area contributed by atoms with Crippen molar-refractivity contribution in [1.82, 2.24) is 10.2 Å². The molecule has 9 heteroatoms. The number of ketones is 1. The molecule has 0 amide bonds. The number of nitrogens with zero attached hydrogens (tertiary/aromatic N) is 1. The molecule has 0 saturated carbocycles. The number of aromatic amines is 2. The van der Waals surface area contributed by atoms with Gasteiger partial charge < -0.3 is 24.4 Å². The number of rotatable bonds is 8. The van der Waals surface area contributed by atoms with E-state index in [1.54, 1.807) is 21.3 Å². The zero-order chi connectivity index (χ0) is 27.0. The maximum atomic E-state index is 13.8. The fourth-order valence-electron chi connectivity index (χ4n) is 5.79. The highest BCUT2D eigenvalue weighted by atomic mass is 16.5. The van der Waals surface area contributed by atoms with Crippen molar-refractivity contribution in [1.29, 1.82) is 0 Å². The molecule has 5 rings (SSSR count). The quantitative estimate of drug-likeness (QED) is 0.402. The monoisotopic (exact) mass is 518 g/mol. The molecule has 38 heavy (non-hydrogen) atoms. The third-order valence-electron chi connectivity index (χ3n) is 7.69. The maximum absolute atomic E-state index is 13.8. The van der Waals surface area contributed by atoms with Crippen LogP contribution in [0.4, 0.5) is 11.5 Å². The number of H-pyrrole nitrogens is 2. The van der Waals surface area contributed by atoms with Gasteiger partial charge in [-0.15, -0.1) is 0 Å². The van der Waals surface area contributed by atoms with Crippen LogP contribution in [0.25, 0.3) is 0 Å². The minimum Gasteiger partial charge on any atom is -0.493 e. The Hall–Kier alpha value is -4.14. The number of nitrogens with one attached hydrogen (secondary N) is 3. The number of carbonyl (C=O) groups is 1. The average Bonchev–Trinajstić information content (AvgIpc) is 3.31. The van der Waals surface area contributed by atoms with Gasteiger partial charge >= 0.3 is 0 Å². The summed E-state index contributed by atoms with van der Waals surface area (Å²) in [5.74, 6) is 1.68. The van der Waals surface area contributed by atoms with Gasteiger partial charge in [-0.25, -0.2) is 0 Å². The fraction of sp³-hybridized carbons (Fsp3) is 0.379. The SMILES string of the molecule is CCN(CC)c1ccc(C2C3=C(CC(c4cc(OC)c(OC)c(OC)c4)CC3=O)Nc3[nH][nH]c(=O)c32)cc1. The number of hydrogen-bond acceptors (Lipinski definition) is 7. The van der Waals surface area contributed by atoms with Crippen molar-refractivity contribution in [3.63, 3.8) is 0 Å². The number of fused-ring (bicyclic) bond motifs is 1. The summed E-state index contributed by atoms with van der Waals surface area (Å²) in [7, 11) is 4.73. The minimum absolute atomic E-state index is 0.0153. The van der Waals surface area contributed by atoms with Crippen LogP contribution >= 0.6 is 0 Å². The number of carbonyl (C=O) groups excluding carboxylic acids is 1. The van der Waals surface area contributed by atoms with E-state index in [-0.39, 0.29) is 17.3 Å². The average molecular weight is 519 g/mol. The largest absolute Gasteiger partial charge is 0.493 e. The highest BCUT2D eigenvalue weighted by Gasteiger charge is 2.40. The summed E-state index contributed by atoms with van der Waals surface area (Å²) in [5.41, 5.74) is 4.75. The minimum atomic E-state index is -0.449. The Morgan fingerprint density at radius 2 is 1.53 bits per heavy atom. The van der Waals surface area contributed by atoms with Crippen LogP contribution in [-0.2, 0) is 4.79 Å². The number of aromatic nitrogens is 2. The molecule has 3 aromatic rings. The van der Waals surface area contributed by atoms with Gasteiger partial charge in [-0.05, 0) is 61.6 Å². The Labute approximate surface area is 221 Å². The molecule has 1 aliphatic carbocycles. The summed E-state index contributed by atoms with van der Waals surface area (Å²) < 4.78 is 16.6. The molecular weight excluding hydrogens is 484 g/mol. The van der Waals surface area contributed by atoms with Gasteiger partial charge in [-0.1, -0.05) is 12.1 Å². The molecule has 2 aliphatic rings. The number of allylic oxidation sites excluding steroid dienone is 2. The van der Waals surface area contributed by atoms with E-state index in [1.165, 1.54) is 0 Å². The summed E-state index contributed by atoms with van der Waals surface area (Å²) in [5, 5.41) is 9.02. The molecule has 0 spiro atoms. The third kappa shape index (κ3) is 4.21. The van der Waals surface area contributed by atoms with Gasteiger partial charge in [0, 0.05) is 42.4 Å². The molecule has 9 nitrogen and oxygen atoms in total. The lowest BCUT2D eigenvalue weighted by molar-refractivity contribution is -0.116. The van der Waals surface area contributed by atoms with E-state index >= 15 is 0 Å². The Morgan fingerprint density at radius 3 is 2.11 bits per heavy atom. The van der Waals surface area contributed by atoms with Crippen molar-refractivity contribution in [2.45, 2.75) is 38.5 Å². The first kappa shape index (κ1) is 25.5. The molecule has 1 aromatic heterocycles. The summed E-state index contributed by atoms with van der Waals surface area (Å²) >= 11 is 0. The molecule has 0 saturated heterocycles. The normalized spacial score (nSPS) is 18.4. The fourth-order valence-corrected chi connectivity index (χ4v) is 5.79. The predicted octanol–water partition coefficient (Wildman–Crippen LogP) is 4.53. The Bertz CT molecular complexity index is 1410. The lowest BCUT2D eigenvalue weighted by atomic mass is 9.72. The van der Waals surface area contributed by atoms with E-state index in [1.807, 2.05) is 24.3 Å². The molecule has 1 aliphatic heterocycles. The lowest BCUT2D eigenvalue weighted by Crippen LogP contribution is -2.31. The van der Waals surface area contributed by atoms with Crippen molar-refractivity contribution in [2.24, 2.45) is 0 Å². The second kappa shape index (κ2) is 10.3.